The minimum absolute atomic E-state index is 0.0985. The van der Waals surface area contributed by atoms with Gasteiger partial charge in [0, 0.05) is 12.4 Å². The lowest BCUT2D eigenvalue weighted by Gasteiger charge is -2.22. The number of hydrogen-bond acceptors (Lipinski definition) is 3. The summed E-state index contributed by atoms with van der Waals surface area (Å²) in [6.45, 7) is 8.39. The number of rotatable bonds is 36. The molecule has 0 aromatic rings. The standard InChI is InChI=1S/C40H81O3P/c1-6-8-10-12-13-14-15-16-17-18-19-20-21-22-23-24-25-26-27-28-29-30-31-32-33-34-36-38-40(37-35-11-9-7-2)44(41,42-5)43-39(3)4/h38-39H,6-37H2,1-5H3/b40-38+. The Labute approximate surface area is 278 Å². The van der Waals surface area contributed by atoms with Crippen LogP contribution in [0.15, 0.2) is 11.4 Å². The van der Waals surface area contributed by atoms with Crippen LogP contribution in [0.2, 0.25) is 0 Å². The van der Waals surface area contributed by atoms with Gasteiger partial charge in [-0.15, -0.1) is 0 Å². The summed E-state index contributed by atoms with van der Waals surface area (Å²) >= 11 is 0. The van der Waals surface area contributed by atoms with Crippen molar-refractivity contribution in [1.29, 1.82) is 0 Å². The molecule has 4 heteroatoms. The van der Waals surface area contributed by atoms with Crippen molar-refractivity contribution < 1.29 is 13.6 Å². The molecule has 0 aliphatic heterocycles. The maximum absolute atomic E-state index is 13.3. The van der Waals surface area contributed by atoms with Crippen molar-refractivity contribution in [3.05, 3.63) is 11.4 Å². The van der Waals surface area contributed by atoms with Gasteiger partial charge in [0.1, 0.15) is 0 Å². The molecule has 0 bridgehead atoms. The van der Waals surface area contributed by atoms with E-state index in [4.69, 9.17) is 9.05 Å². The van der Waals surface area contributed by atoms with Crippen LogP contribution in [0, 0.1) is 0 Å². The van der Waals surface area contributed by atoms with Gasteiger partial charge in [0.15, 0.2) is 0 Å². The van der Waals surface area contributed by atoms with Crippen molar-refractivity contribution in [2.75, 3.05) is 7.11 Å². The van der Waals surface area contributed by atoms with E-state index in [-0.39, 0.29) is 6.10 Å². The van der Waals surface area contributed by atoms with Gasteiger partial charge in [-0.2, -0.15) is 0 Å². The molecule has 0 saturated carbocycles. The summed E-state index contributed by atoms with van der Waals surface area (Å²) in [5.74, 6) is 0. The van der Waals surface area contributed by atoms with Crippen LogP contribution in [0.4, 0.5) is 0 Å². The maximum Gasteiger partial charge on any atom is 0.356 e. The van der Waals surface area contributed by atoms with Crippen molar-refractivity contribution in [1.82, 2.24) is 0 Å². The van der Waals surface area contributed by atoms with Gasteiger partial charge in [-0.25, -0.2) is 0 Å². The number of unbranched alkanes of at least 4 members (excludes halogenated alkanes) is 29. The predicted octanol–water partition coefficient (Wildman–Crippen LogP) is 15.7. The van der Waals surface area contributed by atoms with Crippen LogP contribution in [0.1, 0.15) is 233 Å². The van der Waals surface area contributed by atoms with Gasteiger partial charge in [0.2, 0.25) is 0 Å². The molecule has 0 aliphatic carbocycles. The Kier molecular flexibility index (Phi) is 34.1. The monoisotopic (exact) mass is 641 g/mol. The summed E-state index contributed by atoms with van der Waals surface area (Å²) in [6.07, 6.45) is 45.6. The van der Waals surface area contributed by atoms with Gasteiger partial charge in [-0.3, -0.25) is 4.57 Å². The fourth-order valence-electron chi connectivity index (χ4n) is 6.32. The molecule has 0 aliphatic rings. The molecule has 1 unspecified atom stereocenters. The van der Waals surface area contributed by atoms with Crippen molar-refractivity contribution >= 4 is 7.60 Å². The van der Waals surface area contributed by atoms with Crippen molar-refractivity contribution in [2.24, 2.45) is 0 Å². The third-order valence-electron chi connectivity index (χ3n) is 9.17. The molecule has 0 aromatic heterocycles. The highest BCUT2D eigenvalue weighted by Gasteiger charge is 2.29. The fourth-order valence-corrected chi connectivity index (χ4v) is 8.11. The van der Waals surface area contributed by atoms with E-state index in [0.717, 1.165) is 24.6 Å². The van der Waals surface area contributed by atoms with Crippen molar-refractivity contribution in [3.8, 4) is 0 Å². The van der Waals surface area contributed by atoms with E-state index in [1.54, 1.807) is 0 Å². The van der Waals surface area contributed by atoms with Crippen molar-refractivity contribution in [2.45, 2.75) is 239 Å². The van der Waals surface area contributed by atoms with Crippen LogP contribution < -0.4 is 0 Å². The zero-order chi connectivity index (χ0) is 32.4. The highest BCUT2D eigenvalue weighted by atomic mass is 31.2. The molecule has 1 atom stereocenters. The zero-order valence-electron chi connectivity index (χ0n) is 31.0. The lowest BCUT2D eigenvalue weighted by atomic mass is 10.0. The SMILES string of the molecule is CCCCCCCCCCCCCCCCCCCCCCCCCCCC/C=C(\CCCCCC)P(=O)(OC)OC(C)C. The number of allylic oxidation sites excluding steroid dienone is 2. The van der Waals surface area contributed by atoms with Gasteiger partial charge in [-0.05, 0) is 39.5 Å². The molecule has 0 saturated heterocycles. The second kappa shape index (κ2) is 34.2. The molecule has 3 nitrogen and oxygen atoms in total. The molecule has 0 rings (SSSR count). The summed E-state index contributed by atoms with van der Waals surface area (Å²) in [6, 6.07) is 0. The van der Waals surface area contributed by atoms with Crippen LogP contribution in [0.25, 0.3) is 0 Å². The molecule has 0 spiro atoms. The second-order valence-corrected chi connectivity index (χ2v) is 16.1. The normalized spacial score (nSPS) is 13.6. The Bertz CT molecular complexity index is 645. The van der Waals surface area contributed by atoms with Crippen LogP contribution in [0.3, 0.4) is 0 Å². The third kappa shape index (κ3) is 29.3. The molecular weight excluding hydrogens is 559 g/mol. The summed E-state index contributed by atoms with van der Waals surface area (Å²) < 4.78 is 24.5. The lowest BCUT2D eigenvalue weighted by Crippen LogP contribution is -2.04. The van der Waals surface area contributed by atoms with Crippen LogP contribution in [0.5, 0.6) is 0 Å². The Morgan fingerprint density at radius 1 is 0.500 bits per heavy atom. The lowest BCUT2D eigenvalue weighted by molar-refractivity contribution is 0.192. The summed E-state index contributed by atoms with van der Waals surface area (Å²) in [5.41, 5.74) is 0. The Morgan fingerprint density at radius 3 is 1.09 bits per heavy atom. The van der Waals surface area contributed by atoms with Gasteiger partial charge < -0.3 is 9.05 Å². The molecule has 0 amide bonds. The number of hydrogen-bond donors (Lipinski definition) is 0. The average Bonchev–Trinajstić information content (AvgIpc) is 3.01. The van der Waals surface area contributed by atoms with Gasteiger partial charge in [0.25, 0.3) is 0 Å². The quantitative estimate of drug-likeness (QED) is 0.0505. The van der Waals surface area contributed by atoms with E-state index in [0.29, 0.717) is 0 Å². The Morgan fingerprint density at radius 2 is 0.795 bits per heavy atom. The first-order valence-electron chi connectivity index (χ1n) is 20.0. The van der Waals surface area contributed by atoms with E-state index in [1.165, 1.54) is 193 Å². The van der Waals surface area contributed by atoms with E-state index in [2.05, 4.69) is 19.9 Å². The third-order valence-corrected chi connectivity index (χ3v) is 11.5. The predicted molar refractivity (Wildman–Crippen MR) is 198 cm³/mol. The van der Waals surface area contributed by atoms with Gasteiger partial charge in [-0.1, -0.05) is 200 Å². The van der Waals surface area contributed by atoms with Gasteiger partial charge in [0.05, 0.1) is 6.10 Å². The molecule has 0 radical (unpaired) electrons. The van der Waals surface area contributed by atoms with Gasteiger partial charge >= 0.3 is 7.60 Å². The molecule has 0 heterocycles. The summed E-state index contributed by atoms with van der Waals surface area (Å²) in [5, 5.41) is 0.907. The largest absolute Gasteiger partial charge is 0.356 e. The topological polar surface area (TPSA) is 35.5 Å². The molecule has 264 valence electrons. The zero-order valence-corrected chi connectivity index (χ0v) is 31.8. The van der Waals surface area contributed by atoms with E-state index >= 15 is 0 Å². The van der Waals surface area contributed by atoms with Crippen LogP contribution in [-0.2, 0) is 13.6 Å². The Balaban J connectivity index is 3.58. The fraction of sp³-hybridized carbons (Fsp3) is 0.950. The average molecular weight is 641 g/mol. The molecule has 0 aromatic carbocycles. The van der Waals surface area contributed by atoms with E-state index in [1.807, 2.05) is 13.8 Å². The smallest absolute Gasteiger partial charge is 0.309 e. The van der Waals surface area contributed by atoms with E-state index in [9.17, 15) is 4.57 Å². The van der Waals surface area contributed by atoms with Crippen LogP contribution >= 0.6 is 7.60 Å². The first-order chi connectivity index (χ1) is 21.5. The Hall–Kier alpha value is -0.110. The maximum atomic E-state index is 13.3. The highest BCUT2D eigenvalue weighted by Crippen LogP contribution is 2.58. The second-order valence-electron chi connectivity index (χ2n) is 14.0. The molecule has 0 fully saturated rings. The van der Waals surface area contributed by atoms with Crippen LogP contribution in [-0.4, -0.2) is 13.2 Å². The van der Waals surface area contributed by atoms with Crippen molar-refractivity contribution in [3.63, 3.8) is 0 Å². The first-order valence-corrected chi connectivity index (χ1v) is 21.6. The molecule has 44 heavy (non-hydrogen) atoms. The first kappa shape index (κ1) is 43.9. The molecular formula is C40H81O3P. The minimum Gasteiger partial charge on any atom is -0.309 e. The highest BCUT2D eigenvalue weighted by molar-refractivity contribution is 7.58. The summed E-state index contributed by atoms with van der Waals surface area (Å²) in [7, 11) is -1.62. The van der Waals surface area contributed by atoms with E-state index < -0.39 is 7.60 Å². The summed E-state index contributed by atoms with van der Waals surface area (Å²) in [4.78, 5) is 0. The molecule has 0 N–H and O–H groups in total. The minimum atomic E-state index is -3.15.